The summed E-state index contributed by atoms with van der Waals surface area (Å²) >= 11 is 1.37. The molecule has 6 N–H and O–H groups in total. The number of hydrogen-bond acceptors (Lipinski definition) is 8. The Morgan fingerprint density at radius 1 is 1.31 bits per heavy atom. The number of aliphatic hydroxyl groups is 1. The van der Waals surface area contributed by atoms with Crippen molar-refractivity contribution >= 4 is 39.6 Å². The van der Waals surface area contributed by atoms with Gasteiger partial charge >= 0.3 is 5.97 Å². The van der Waals surface area contributed by atoms with E-state index >= 15 is 0 Å². The van der Waals surface area contributed by atoms with Crippen molar-refractivity contribution in [2.45, 2.75) is 55.1 Å². The maximum absolute atomic E-state index is 12.7. The predicted molar refractivity (Wildman–Crippen MR) is 127 cm³/mol. The van der Waals surface area contributed by atoms with Crippen LogP contribution in [0.2, 0.25) is 0 Å². The number of nitrogens with zero attached hydrogens (tertiary/aromatic N) is 1. The highest BCUT2D eigenvalue weighted by Gasteiger charge is 2.60. The first-order valence-corrected chi connectivity index (χ1v) is 13.6. The van der Waals surface area contributed by atoms with E-state index in [0.717, 1.165) is 0 Å². The number of aliphatic hydroxyl groups excluding tert-OH is 1. The van der Waals surface area contributed by atoms with E-state index in [1.807, 2.05) is 6.92 Å². The van der Waals surface area contributed by atoms with Crippen LogP contribution < -0.4 is 15.8 Å². The first kappa shape index (κ1) is 25.6. The molecular weight excluding hydrogens is 496 g/mol. The number of carboxylic acid groups (broad SMARTS) is 1. The number of nitrogens with two attached hydrogens (primary N) is 1. The maximum atomic E-state index is 12.7. The third-order valence-electron chi connectivity index (χ3n) is 6.73. The monoisotopic (exact) mass is 524 g/mol. The molecule has 4 rings (SSSR count). The van der Waals surface area contributed by atoms with Gasteiger partial charge in [0, 0.05) is 29.2 Å². The topological polar surface area (TPSA) is 179 Å². The van der Waals surface area contributed by atoms with E-state index in [-0.39, 0.29) is 46.2 Å². The Bertz CT molecular complexity index is 1180. The zero-order chi connectivity index (χ0) is 25.7. The number of carbonyl (C=O) groups excluding carboxylic acids is 2. The summed E-state index contributed by atoms with van der Waals surface area (Å²) in [5.74, 6) is -2.60. The molecule has 0 bridgehead atoms. The number of amides is 2. The van der Waals surface area contributed by atoms with E-state index in [1.165, 1.54) is 35.7 Å². The molecule has 0 radical (unpaired) electrons. The first-order valence-electron chi connectivity index (χ1n) is 11.2. The Labute approximate surface area is 207 Å². The highest BCUT2D eigenvalue weighted by Crippen LogP contribution is 2.51. The summed E-state index contributed by atoms with van der Waals surface area (Å²) < 4.78 is 22.7. The van der Waals surface area contributed by atoms with Gasteiger partial charge in [0.05, 0.1) is 29.0 Å². The number of nitrogens with one attached hydrogen (secondary N) is 2. The molecule has 3 heterocycles. The Balaban J connectivity index is 1.36. The SMILES string of the molecule is C[C@@H](O)[C@H]1C(=O)N2C(C(=O)O)=C(S[C@@H]3CN[C@H](C(=O)NCc4ccc(S(N)(=O)=O)cc4)C3)[C@H](C)[C@H]12. The van der Waals surface area contributed by atoms with Crippen LogP contribution in [0, 0.1) is 11.8 Å². The van der Waals surface area contributed by atoms with Gasteiger partial charge in [-0.15, -0.1) is 11.8 Å². The standard InChI is InChI=1S/C22H28N4O7S2/c1-10-17-16(11(2)27)21(29)26(17)18(22(30)31)19(10)34-13-7-15(24-9-13)20(28)25-8-12-3-5-14(6-4-12)35(23,32)33/h3-6,10-11,13,15-17,24,27H,7-9H2,1-2H3,(H,25,28)(H,30,31)(H2,23,32,33)/t10-,11-,13+,15+,16-,17-/m1/s1. The van der Waals surface area contributed by atoms with Gasteiger partial charge in [-0.3, -0.25) is 9.59 Å². The van der Waals surface area contributed by atoms with Gasteiger partial charge < -0.3 is 25.7 Å². The quantitative estimate of drug-likeness (QED) is 0.282. The van der Waals surface area contributed by atoms with Crippen molar-refractivity contribution in [3.05, 3.63) is 40.4 Å². The minimum Gasteiger partial charge on any atom is -0.477 e. The molecule has 2 saturated heterocycles. The molecular formula is C22H28N4O7S2. The molecule has 190 valence electrons. The van der Waals surface area contributed by atoms with Crippen LogP contribution in [0.3, 0.4) is 0 Å². The number of hydrogen-bond donors (Lipinski definition) is 5. The lowest BCUT2D eigenvalue weighted by Gasteiger charge is -2.46. The number of thioether (sulfide) groups is 1. The molecule has 6 atom stereocenters. The van der Waals surface area contributed by atoms with E-state index < -0.39 is 34.1 Å². The van der Waals surface area contributed by atoms with Crippen molar-refractivity contribution in [1.29, 1.82) is 0 Å². The molecule has 2 amide bonds. The van der Waals surface area contributed by atoms with Gasteiger partial charge in [0.2, 0.25) is 21.8 Å². The number of aliphatic carboxylic acids is 1. The van der Waals surface area contributed by atoms with Crippen molar-refractivity contribution in [1.82, 2.24) is 15.5 Å². The number of carbonyl (C=O) groups is 3. The number of rotatable bonds is 8. The van der Waals surface area contributed by atoms with Crippen LogP contribution in [-0.2, 0) is 31.0 Å². The van der Waals surface area contributed by atoms with Gasteiger partial charge in [-0.1, -0.05) is 19.1 Å². The lowest BCUT2D eigenvalue weighted by atomic mass is 9.79. The van der Waals surface area contributed by atoms with Gasteiger partial charge in [0.1, 0.15) is 5.70 Å². The summed E-state index contributed by atoms with van der Waals surface area (Å²) in [6.07, 6.45) is -0.384. The summed E-state index contributed by atoms with van der Waals surface area (Å²) in [6.45, 7) is 4.11. The lowest BCUT2D eigenvalue weighted by Crippen LogP contribution is -2.63. The summed E-state index contributed by atoms with van der Waals surface area (Å²) in [5, 5.41) is 30.7. The third-order valence-corrected chi connectivity index (χ3v) is 9.17. The van der Waals surface area contributed by atoms with Gasteiger partial charge in [-0.05, 0) is 31.0 Å². The number of β-lactam (4-membered cyclic amide) rings is 1. The fourth-order valence-electron chi connectivity index (χ4n) is 4.96. The Morgan fingerprint density at radius 2 is 1.97 bits per heavy atom. The number of carboxylic acids is 1. The van der Waals surface area contributed by atoms with Gasteiger partial charge in [0.15, 0.2) is 0 Å². The summed E-state index contributed by atoms with van der Waals surface area (Å²) in [6, 6.07) is 5.07. The van der Waals surface area contributed by atoms with Crippen LogP contribution in [0.5, 0.6) is 0 Å². The molecule has 3 aliphatic heterocycles. The molecule has 3 aliphatic rings. The van der Waals surface area contributed by atoms with Crippen molar-refractivity contribution < 1.29 is 33.0 Å². The van der Waals surface area contributed by atoms with Crippen molar-refractivity contribution in [3.63, 3.8) is 0 Å². The summed E-state index contributed by atoms with van der Waals surface area (Å²) in [7, 11) is -3.78. The van der Waals surface area contributed by atoms with E-state index in [1.54, 1.807) is 12.1 Å². The fraction of sp³-hybridized carbons (Fsp3) is 0.500. The van der Waals surface area contributed by atoms with Crippen LogP contribution >= 0.6 is 11.8 Å². The number of fused-ring (bicyclic) bond motifs is 1. The van der Waals surface area contributed by atoms with Crippen LogP contribution in [-0.4, -0.2) is 71.3 Å². The summed E-state index contributed by atoms with van der Waals surface area (Å²) in [5.41, 5.74) is 0.692. The van der Waals surface area contributed by atoms with Crippen LogP contribution in [0.4, 0.5) is 0 Å². The summed E-state index contributed by atoms with van der Waals surface area (Å²) in [4.78, 5) is 39.0. The molecule has 0 spiro atoms. The Morgan fingerprint density at radius 3 is 2.54 bits per heavy atom. The van der Waals surface area contributed by atoms with E-state index in [9.17, 15) is 33.0 Å². The van der Waals surface area contributed by atoms with Gasteiger partial charge in [-0.25, -0.2) is 18.4 Å². The zero-order valence-electron chi connectivity index (χ0n) is 19.2. The van der Waals surface area contributed by atoms with E-state index in [4.69, 9.17) is 5.14 Å². The van der Waals surface area contributed by atoms with E-state index in [2.05, 4.69) is 10.6 Å². The second-order valence-corrected chi connectivity index (χ2v) is 12.0. The molecule has 11 nitrogen and oxygen atoms in total. The molecule has 0 unspecified atom stereocenters. The molecule has 1 aromatic rings. The molecule has 2 fully saturated rings. The average molecular weight is 525 g/mol. The number of benzene rings is 1. The van der Waals surface area contributed by atoms with Crippen molar-refractivity contribution in [2.24, 2.45) is 17.0 Å². The smallest absolute Gasteiger partial charge is 0.353 e. The highest BCUT2D eigenvalue weighted by molar-refractivity contribution is 8.03. The van der Waals surface area contributed by atoms with Crippen molar-refractivity contribution in [3.8, 4) is 0 Å². The van der Waals surface area contributed by atoms with Crippen LogP contribution in [0.1, 0.15) is 25.8 Å². The van der Waals surface area contributed by atoms with Crippen molar-refractivity contribution in [2.75, 3.05) is 6.54 Å². The lowest BCUT2D eigenvalue weighted by molar-refractivity contribution is -0.163. The third kappa shape index (κ3) is 4.83. The Hall–Kier alpha value is -2.45. The molecule has 13 heteroatoms. The maximum Gasteiger partial charge on any atom is 0.353 e. The van der Waals surface area contributed by atoms with Gasteiger partial charge in [-0.2, -0.15) is 0 Å². The second kappa shape index (κ2) is 9.54. The first-order chi connectivity index (χ1) is 16.4. The molecule has 0 saturated carbocycles. The van der Waals surface area contributed by atoms with Crippen LogP contribution in [0.15, 0.2) is 39.8 Å². The highest BCUT2D eigenvalue weighted by atomic mass is 32.2. The molecule has 1 aromatic carbocycles. The minimum atomic E-state index is -3.78. The zero-order valence-corrected chi connectivity index (χ0v) is 20.8. The van der Waals surface area contributed by atoms with Gasteiger partial charge in [0.25, 0.3) is 0 Å². The predicted octanol–water partition coefficient (Wildman–Crippen LogP) is -0.432. The molecule has 0 aromatic heterocycles. The normalized spacial score (nSPS) is 29.1. The number of sulfonamides is 1. The number of primary sulfonamides is 1. The minimum absolute atomic E-state index is 0.00712. The molecule has 0 aliphatic carbocycles. The Kier molecular flexibility index (Phi) is 6.99. The van der Waals surface area contributed by atoms with Crippen LogP contribution in [0.25, 0.3) is 0 Å². The fourth-order valence-corrected chi connectivity index (χ4v) is 6.95. The molecule has 35 heavy (non-hydrogen) atoms. The average Bonchev–Trinajstić information content (AvgIpc) is 3.33. The largest absolute Gasteiger partial charge is 0.477 e. The second-order valence-electron chi connectivity index (χ2n) is 9.12. The van der Waals surface area contributed by atoms with E-state index in [0.29, 0.717) is 23.4 Å².